The average Bonchev–Trinajstić information content (AvgIpc) is 3.05. The van der Waals surface area contributed by atoms with Gasteiger partial charge >= 0.3 is 0 Å². The van der Waals surface area contributed by atoms with E-state index in [-0.39, 0.29) is 18.1 Å². The van der Waals surface area contributed by atoms with Crippen LogP contribution in [0.2, 0.25) is 0 Å². The lowest BCUT2D eigenvalue weighted by Gasteiger charge is -2.27. The molecule has 28 heavy (non-hydrogen) atoms. The van der Waals surface area contributed by atoms with Gasteiger partial charge in [0, 0.05) is 13.1 Å². The first-order valence-corrected chi connectivity index (χ1v) is 10.4. The van der Waals surface area contributed by atoms with E-state index in [0.717, 1.165) is 29.8 Å². The van der Waals surface area contributed by atoms with E-state index in [0.29, 0.717) is 21.2 Å². The van der Waals surface area contributed by atoms with Gasteiger partial charge in [0.1, 0.15) is 22.4 Å². The van der Waals surface area contributed by atoms with E-state index in [1.165, 1.54) is 17.7 Å². The number of anilines is 2. The molecule has 0 spiro atoms. The van der Waals surface area contributed by atoms with Gasteiger partial charge in [0.05, 0.1) is 17.8 Å². The third-order valence-electron chi connectivity index (χ3n) is 4.13. The molecule has 0 aliphatic carbocycles. The van der Waals surface area contributed by atoms with Crippen LogP contribution in [0.1, 0.15) is 23.6 Å². The molecule has 3 heterocycles. The van der Waals surface area contributed by atoms with Crippen molar-refractivity contribution in [1.29, 1.82) is 0 Å². The summed E-state index contributed by atoms with van der Waals surface area (Å²) in [7, 11) is 2.66. The summed E-state index contributed by atoms with van der Waals surface area (Å²) >= 11 is 1.25. The molecule has 0 radical (unpaired) electrons. The van der Waals surface area contributed by atoms with Gasteiger partial charge in [-0.15, -0.1) is 9.24 Å². The molecule has 1 atom stereocenters. The molecule has 4 rings (SSSR count). The number of carbonyl (C=O) groups excluding carboxylic acids is 1. The number of aromatic nitrogens is 3. The molecule has 1 saturated heterocycles. The second-order valence-corrected chi connectivity index (χ2v) is 8.42. The topological polar surface area (TPSA) is 101 Å². The maximum atomic E-state index is 12.4. The van der Waals surface area contributed by atoms with Gasteiger partial charge < -0.3 is 20.7 Å². The zero-order valence-corrected chi connectivity index (χ0v) is 17.5. The van der Waals surface area contributed by atoms with Crippen molar-refractivity contribution in [3.8, 4) is 5.75 Å². The van der Waals surface area contributed by atoms with Crippen molar-refractivity contribution in [2.45, 2.75) is 26.0 Å². The Bertz CT molecular complexity index is 1020. The zero-order chi connectivity index (χ0) is 19.7. The molecule has 1 fully saturated rings. The molecule has 2 aromatic heterocycles. The largest absolute Gasteiger partial charge is 0.489 e. The summed E-state index contributed by atoms with van der Waals surface area (Å²) in [5.74, 6) is 1.08. The first-order valence-electron chi connectivity index (χ1n) is 8.96. The van der Waals surface area contributed by atoms with Crippen LogP contribution in [-0.4, -0.2) is 46.1 Å². The molecular formula is C18H21N6O2PS. The second-order valence-electron chi connectivity index (χ2n) is 6.77. The highest BCUT2D eigenvalue weighted by Crippen LogP contribution is 2.31. The lowest BCUT2D eigenvalue weighted by Crippen LogP contribution is -2.56. The van der Waals surface area contributed by atoms with Crippen LogP contribution < -0.4 is 26.0 Å². The first kappa shape index (κ1) is 19.0. The van der Waals surface area contributed by atoms with Crippen molar-refractivity contribution >= 4 is 53.6 Å². The Balaban J connectivity index is 1.63. The van der Waals surface area contributed by atoms with E-state index in [1.807, 2.05) is 32.0 Å². The highest BCUT2D eigenvalue weighted by atomic mass is 32.1. The molecule has 1 unspecified atom stereocenters. The average molecular weight is 416 g/mol. The highest BCUT2D eigenvalue weighted by molar-refractivity contribution is 7.27. The van der Waals surface area contributed by atoms with Gasteiger partial charge in [0.15, 0.2) is 10.8 Å². The molecule has 8 nitrogen and oxygen atoms in total. The van der Waals surface area contributed by atoms with Gasteiger partial charge in [-0.05, 0) is 31.3 Å². The van der Waals surface area contributed by atoms with E-state index >= 15 is 0 Å². The number of rotatable bonds is 6. The minimum atomic E-state index is -0.184. The fourth-order valence-electron chi connectivity index (χ4n) is 2.70. The number of fused-ring (bicyclic) bond motifs is 1. The number of hydrogen-bond donors (Lipinski definition) is 3. The summed E-state index contributed by atoms with van der Waals surface area (Å²) < 4.78 is 5.91. The number of benzene rings is 1. The number of nitrogens with zero attached hydrogens (tertiary/aromatic N) is 3. The summed E-state index contributed by atoms with van der Waals surface area (Å²) in [6.07, 6.45) is 1.50. The number of ether oxygens (including phenoxy) is 1. The molecular weight excluding hydrogens is 395 g/mol. The molecule has 0 saturated carbocycles. The Hall–Kier alpha value is -2.35. The van der Waals surface area contributed by atoms with Gasteiger partial charge in [-0.1, -0.05) is 17.4 Å². The highest BCUT2D eigenvalue weighted by Gasteiger charge is 2.23. The molecule has 10 heteroatoms. The van der Waals surface area contributed by atoms with Crippen molar-refractivity contribution in [1.82, 2.24) is 25.6 Å². The van der Waals surface area contributed by atoms with Gasteiger partial charge in [-0.3, -0.25) is 4.79 Å². The van der Waals surface area contributed by atoms with Crippen molar-refractivity contribution in [3.05, 3.63) is 29.5 Å². The van der Waals surface area contributed by atoms with E-state index in [9.17, 15) is 4.79 Å². The predicted molar refractivity (Wildman–Crippen MR) is 114 cm³/mol. The fourth-order valence-corrected chi connectivity index (χ4v) is 3.76. The van der Waals surface area contributed by atoms with Crippen LogP contribution in [0.5, 0.6) is 5.75 Å². The van der Waals surface area contributed by atoms with Gasteiger partial charge in [-0.2, -0.15) is 0 Å². The summed E-state index contributed by atoms with van der Waals surface area (Å²) in [5.41, 5.74) is 1.34. The Morgan fingerprint density at radius 1 is 1.36 bits per heavy atom. The molecule has 0 bridgehead atoms. The van der Waals surface area contributed by atoms with E-state index < -0.39 is 0 Å². The SMILES string of the molecule is CC(C)Oc1cc(P)ccc1Nc1ncnc2sc(C(=O)NC3CNC3)nc12. The van der Waals surface area contributed by atoms with Gasteiger partial charge in [-0.25, -0.2) is 15.0 Å². The number of amides is 1. The molecule has 3 aromatic rings. The quantitative estimate of drug-likeness (QED) is 0.527. The minimum Gasteiger partial charge on any atom is -0.489 e. The van der Waals surface area contributed by atoms with Crippen molar-refractivity contribution in [2.75, 3.05) is 18.4 Å². The van der Waals surface area contributed by atoms with Crippen LogP contribution in [0.15, 0.2) is 24.5 Å². The summed E-state index contributed by atoms with van der Waals surface area (Å²) in [5, 5.41) is 10.8. The number of carbonyl (C=O) groups is 1. The predicted octanol–water partition coefficient (Wildman–Crippen LogP) is 1.82. The van der Waals surface area contributed by atoms with Crippen LogP contribution in [-0.2, 0) is 0 Å². The fraction of sp³-hybridized carbons (Fsp3) is 0.333. The summed E-state index contributed by atoms with van der Waals surface area (Å²) in [6, 6.07) is 5.99. The monoisotopic (exact) mass is 416 g/mol. The number of thiazole rings is 1. The van der Waals surface area contributed by atoms with Crippen LogP contribution >= 0.6 is 20.6 Å². The summed E-state index contributed by atoms with van der Waals surface area (Å²) in [6.45, 7) is 5.53. The molecule has 3 N–H and O–H groups in total. The van der Waals surface area contributed by atoms with Crippen LogP contribution in [0.3, 0.4) is 0 Å². The van der Waals surface area contributed by atoms with Crippen molar-refractivity contribution in [3.63, 3.8) is 0 Å². The van der Waals surface area contributed by atoms with Crippen molar-refractivity contribution < 1.29 is 9.53 Å². The Morgan fingerprint density at radius 3 is 2.89 bits per heavy atom. The van der Waals surface area contributed by atoms with E-state index in [1.54, 1.807) is 0 Å². The Kier molecular flexibility index (Phi) is 5.39. The van der Waals surface area contributed by atoms with Gasteiger partial charge in [0.2, 0.25) is 0 Å². The normalized spacial score (nSPS) is 14.1. The molecule has 146 valence electrons. The van der Waals surface area contributed by atoms with Crippen LogP contribution in [0.25, 0.3) is 10.3 Å². The van der Waals surface area contributed by atoms with E-state index in [2.05, 4.69) is 40.1 Å². The zero-order valence-electron chi connectivity index (χ0n) is 15.5. The first-order chi connectivity index (χ1) is 13.5. The third kappa shape index (κ3) is 4.06. The lowest BCUT2D eigenvalue weighted by molar-refractivity contribution is 0.0924. The van der Waals surface area contributed by atoms with Crippen LogP contribution in [0.4, 0.5) is 11.5 Å². The van der Waals surface area contributed by atoms with Gasteiger partial charge in [0.25, 0.3) is 5.91 Å². The number of hydrogen-bond acceptors (Lipinski definition) is 8. The standard InChI is InChI=1S/C18H21N6O2PS/c1-9(2)26-13-5-11(27)3-4-12(13)23-15-14-17(21-8-20-15)28-18(24-14)16(25)22-10-6-19-7-10/h3-5,8-10,19H,6-7,27H2,1-2H3,(H,22,25)(H,20,21,23). The molecule has 1 aliphatic rings. The molecule has 1 aliphatic heterocycles. The van der Waals surface area contributed by atoms with Crippen molar-refractivity contribution in [2.24, 2.45) is 0 Å². The number of nitrogens with one attached hydrogen (secondary N) is 3. The maximum Gasteiger partial charge on any atom is 0.280 e. The smallest absolute Gasteiger partial charge is 0.280 e. The maximum absolute atomic E-state index is 12.4. The molecule has 1 aromatic carbocycles. The lowest BCUT2D eigenvalue weighted by atomic mass is 10.2. The Morgan fingerprint density at radius 2 is 2.18 bits per heavy atom. The van der Waals surface area contributed by atoms with Crippen LogP contribution in [0, 0.1) is 0 Å². The second kappa shape index (κ2) is 7.95. The minimum absolute atomic E-state index is 0.0355. The molecule has 1 amide bonds. The third-order valence-corrected chi connectivity index (χ3v) is 5.45. The summed E-state index contributed by atoms with van der Waals surface area (Å²) in [4.78, 5) is 26.1. The Labute approximate surface area is 168 Å². The van der Waals surface area contributed by atoms with E-state index in [4.69, 9.17) is 4.74 Å².